The molecule has 2 N–H and O–H groups in total. The Hall–Kier alpha value is -0.680. The zero-order chi connectivity index (χ0) is 13.1. The molecule has 0 saturated carbocycles. The van der Waals surface area contributed by atoms with Gasteiger partial charge in [-0.3, -0.25) is 0 Å². The van der Waals surface area contributed by atoms with Crippen LogP contribution in [0.4, 0.5) is 0 Å². The maximum absolute atomic E-state index is 9.55. The summed E-state index contributed by atoms with van der Waals surface area (Å²) in [5.41, 5.74) is -0.583. The molecule has 0 rings (SSSR count). The maximum atomic E-state index is 9.55. The van der Waals surface area contributed by atoms with E-state index in [-0.39, 0.29) is 19.1 Å². The summed E-state index contributed by atoms with van der Waals surface area (Å²) >= 11 is 0. The van der Waals surface area contributed by atoms with Crippen molar-refractivity contribution in [1.82, 2.24) is 0 Å². The zero-order valence-electron chi connectivity index (χ0n) is 10.6. The van der Waals surface area contributed by atoms with E-state index in [1.54, 1.807) is 12.2 Å². The third-order valence-electron chi connectivity index (χ3n) is 2.88. The van der Waals surface area contributed by atoms with Crippen LogP contribution >= 0.6 is 0 Å². The first kappa shape index (κ1) is 16.3. The Morgan fingerprint density at radius 2 is 1.59 bits per heavy atom. The van der Waals surface area contributed by atoms with Gasteiger partial charge in [0.25, 0.3) is 0 Å². The second kappa shape index (κ2) is 9.36. The standard InChI is InChI=1S/C13H24O4/c1-4-6-16-10-13(9-15,12(3)8-14)11-17-7-5-2/h4-5,12,14-15H,1-2,6-11H2,3H3. The van der Waals surface area contributed by atoms with Crippen LogP contribution in [0.2, 0.25) is 0 Å². The lowest BCUT2D eigenvalue weighted by atomic mass is 9.78. The Morgan fingerprint density at radius 1 is 1.12 bits per heavy atom. The zero-order valence-corrected chi connectivity index (χ0v) is 10.6. The molecule has 0 bridgehead atoms. The normalized spacial score (nSPS) is 13.4. The van der Waals surface area contributed by atoms with Crippen molar-refractivity contribution in [1.29, 1.82) is 0 Å². The van der Waals surface area contributed by atoms with Crippen molar-refractivity contribution in [2.45, 2.75) is 6.92 Å². The summed E-state index contributed by atoms with van der Waals surface area (Å²) in [4.78, 5) is 0. The second-order valence-electron chi connectivity index (χ2n) is 4.21. The molecular formula is C13H24O4. The summed E-state index contributed by atoms with van der Waals surface area (Å²) < 4.78 is 10.8. The highest BCUT2D eigenvalue weighted by Crippen LogP contribution is 2.28. The van der Waals surface area contributed by atoms with E-state index < -0.39 is 5.41 Å². The molecule has 0 aromatic heterocycles. The van der Waals surface area contributed by atoms with Gasteiger partial charge in [0.05, 0.1) is 33.0 Å². The lowest BCUT2D eigenvalue weighted by molar-refractivity contribution is -0.0816. The molecule has 0 spiro atoms. The molecule has 0 radical (unpaired) electrons. The number of aliphatic hydroxyl groups is 2. The number of hydrogen-bond donors (Lipinski definition) is 2. The van der Waals surface area contributed by atoms with Crippen molar-refractivity contribution in [3.8, 4) is 0 Å². The minimum atomic E-state index is -0.583. The Bertz CT molecular complexity index is 201. The Morgan fingerprint density at radius 3 is 1.88 bits per heavy atom. The van der Waals surface area contributed by atoms with Crippen molar-refractivity contribution >= 4 is 0 Å². The van der Waals surface area contributed by atoms with Crippen LogP contribution in [0.5, 0.6) is 0 Å². The molecule has 4 nitrogen and oxygen atoms in total. The number of hydrogen-bond acceptors (Lipinski definition) is 4. The highest BCUT2D eigenvalue weighted by Gasteiger charge is 2.36. The summed E-state index contributed by atoms with van der Waals surface area (Å²) in [6.45, 7) is 10.4. The predicted octanol–water partition coefficient (Wildman–Crippen LogP) is 0.999. The summed E-state index contributed by atoms with van der Waals surface area (Å²) in [7, 11) is 0. The Kier molecular flexibility index (Phi) is 8.99. The van der Waals surface area contributed by atoms with Crippen molar-refractivity contribution in [3.63, 3.8) is 0 Å². The Labute approximate surface area is 104 Å². The molecule has 0 aromatic rings. The van der Waals surface area contributed by atoms with E-state index in [4.69, 9.17) is 9.47 Å². The molecule has 0 aliphatic carbocycles. The molecule has 0 aromatic carbocycles. The quantitative estimate of drug-likeness (QED) is 0.420. The van der Waals surface area contributed by atoms with E-state index in [9.17, 15) is 10.2 Å². The van der Waals surface area contributed by atoms with E-state index in [0.717, 1.165) is 0 Å². The van der Waals surface area contributed by atoms with Gasteiger partial charge in [-0.2, -0.15) is 0 Å². The largest absolute Gasteiger partial charge is 0.396 e. The first-order valence-corrected chi connectivity index (χ1v) is 5.76. The average Bonchev–Trinajstić information content (AvgIpc) is 2.36. The maximum Gasteiger partial charge on any atom is 0.0645 e. The van der Waals surface area contributed by atoms with Crippen molar-refractivity contribution in [3.05, 3.63) is 25.3 Å². The van der Waals surface area contributed by atoms with Gasteiger partial charge in [0.2, 0.25) is 0 Å². The van der Waals surface area contributed by atoms with Crippen molar-refractivity contribution in [2.24, 2.45) is 11.3 Å². The number of aliphatic hydroxyl groups excluding tert-OH is 2. The van der Waals surface area contributed by atoms with E-state index in [2.05, 4.69) is 13.2 Å². The summed E-state index contributed by atoms with van der Waals surface area (Å²) in [5.74, 6) is -0.109. The van der Waals surface area contributed by atoms with Crippen molar-refractivity contribution in [2.75, 3.05) is 39.6 Å². The first-order valence-electron chi connectivity index (χ1n) is 5.76. The molecule has 1 atom stereocenters. The topological polar surface area (TPSA) is 58.9 Å². The van der Waals surface area contributed by atoms with Gasteiger partial charge in [-0.25, -0.2) is 0 Å². The molecule has 100 valence electrons. The molecule has 0 heterocycles. The van der Waals surface area contributed by atoms with Gasteiger partial charge >= 0.3 is 0 Å². The molecule has 0 aliphatic heterocycles. The molecule has 1 unspecified atom stereocenters. The summed E-state index contributed by atoms with van der Waals surface area (Å²) in [6.07, 6.45) is 3.30. The lowest BCUT2D eigenvalue weighted by Gasteiger charge is -2.36. The minimum Gasteiger partial charge on any atom is -0.396 e. The van der Waals surface area contributed by atoms with Gasteiger partial charge in [0.15, 0.2) is 0 Å². The molecule has 17 heavy (non-hydrogen) atoms. The fourth-order valence-electron chi connectivity index (χ4n) is 1.46. The van der Waals surface area contributed by atoms with Crippen LogP contribution in [-0.2, 0) is 9.47 Å². The third-order valence-corrected chi connectivity index (χ3v) is 2.88. The molecule has 4 heteroatoms. The number of ether oxygens (including phenoxy) is 2. The second-order valence-corrected chi connectivity index (χ2v) is 4.21. The summed E-state index contributed by atoms with van der Waals surface area (Å²) in [6, 6.07) is 0. The molecular weight excluding hydrogens is 220 g/mol. The molecule has 0 fully saturated rings. The van der Waals surface area contributed by atoms with Gasteiger partial charge < -0.3 is 19.7 Å². The van der Waals surface area contributed by atoms with Gasteiger partial charge in [-0.15, -0.1) is 13.2 Å². The fraction of sp³-hybridized carbons (Fsp3) is 0.692. The highest BCUT2D eigenvalue weighted by molar-refractivity contribution is 4.85. The summed E-state index contributed by atoms with van der Waals surface area (Å²) in [5, 5.41) is 18.8. The van der Waals surface area contributed by atoms with E-state index in [1.807, 2.05) is 6.92 Å². The molecule has 0 aliphatic rings. The monoisotopic (exact) mass is 244 g/mol. The Balaban J connectivity index is 4.49. The fourth-order valence-corrected chi connectivity index (χ4v) is 1.46. The van der Waals surface area contributed by atoms with Gasteiger partial charge in [-0.1, -0.05) is 19.1 Å². The van der Waals surface area contributed by atoms with E-state index in [1.165, 1.54) is 0 Å². The van der Waals surface area contributed by atoms with Crippen LogP contribution in [0.25, 0.3) is 0 Å². The minimum absolute atomic E-state index is 0.0184. The molecule has 0 saturated heterocycles. The molecule has 0 amide bonds. The predicted molar refractivity (Wildman–Crippen MR) is 67.8 cm³/mol. The third kappa shape index (κ3) is 5.46. The first-order chi connectivity index (χ1) is 8.16. The highest BCUT2D eigenvalue weighted by atomic mass is 16.5. The van der Waals surface area contributed by atoms with Crippen LogP contribution < -0.4 is 0 Å². The van der Waals surface area contributed by atoms with E-state index in [0.29, 0.717) is 26.4 Å². The van der Waals surface area contributed by atoms with Crippen LogP contribution in [0, 0.1) is 11.3 Å². The number of rotatable bonds is 11. The van der Waals surface area contributed by atoms with Gasteiger partial charge in [0, 0.05) is 12.0 Å². The van der Waals surface area contributed by atoms with Crippen LogP contribution in [0.1, 0.15) is 6.92 Å². The van der Waals surface area contributed by atoms with Crippen LogP contribution in [-0.4, -0.2) is 49.9 Å². The van der Waals surface area contributed by atoms with Crippen molar-refractivity contribution < 1.29 is 19.7 Å². The smallest absolute Gasteiger partial charge is 0.0645 e. The lowest BCUT2D eigenvalue weighted by Crippen LogP contribution is -2.43. The van der Waals surface area contributed by atoms with Crippen LogP contribution in [0.15, 0.2) is 25.3 Å². The average molecular weight is 244 g/mol. The van der Waals surface area contributed by atoms with E-state index >= 15 is 0 Å². The van der Waals surface area contributed by atoms with Gasteiger partial charge in [0.1, 0.15) is 0 Å². The van der Waals surface area contributed by atoms with Gasteiger partial charge in [-0.05, 0) is 5.92 Å². The van der Waals surface area contributed by atoms with Crippen LogP contribution in [0.3, 0.4) is 0 Å². The SMILES string of the molecule is C=CCOCC(CO)(COCC=C)C(C)CO.